The summed E-state index contributed by atoms with van der Waals surface area (Å²) < 4.78 is 9.98. The van der Waals surface area contributed by atoms with Gasteiger partial charge >= 0.3 is 5.97 Å². The van der Waals surface area contributed by atoms with Crippen molar-refractivity contribution in [1.82, 2.24) is 5.32 Å². The Hall–Kier alpha value is -1.78. The maximum absolute atomic E-state index is 11.5. The van der Waals surface area contributed by atoms with Gasteiger partial charge in [-0.2, -0.15) is 0 Å². The van der Waals surface area contributed by atoms with E-state index in [0.717, 1.165) is 12.8 Å². The number of carbonyl (C=O) groups is 2. The van der Waals surface area contributed by atoms with Crippen LogP contribution in [-0.4, -0.2) is 25.0 Å². The Morgan fingerprint density at radius 3 is 2.84 bits per heavy atom. The third-order valence-corrected chi connectivity index (χ3v) is 2.55. The molecule has 0 aliphatic carbocycles. The second kappa shape index (κ2) is 8.34. The lowest BCUT2D eigenvalue weighted by atomic mass is 10.1. The van der Waals surface area contributed by atoms with Crippen molar-refractivity contribution in [3.8, 4) is 0 Å². The zero-order valence-corrected chi connectivity index (χ0v) is 11.5. The Labute approximate surface area is 113 Å². The van der Waals surface area contributed by atoms with Crippen molar-refractivity contribution < 1.29 is 18.7 Å². The zero-order valence-electron chi connectivity index (χ0n) is 11.5. The van der Waals surface area contributed by atoms with Gasteiger partial charge in [-0.15, -0.1) is 0 Å². The number of furan rings is 1. The highest BCUT2D eigenvalue weighted by Crippen LogP contribution is 2.03. The largest absolute Gasteiger partial charge is 0.466 e. The fraction of sp³-hybridized carbons (Fsp3) is 0.571. The molecule has 0 unspecified atom stereocenters. The minimum absolute atomic E-state index is 0.175. The van der Waals surface area contributed by atoms with Crippen LogP contribution >= 0.6 is 0 Å². The van der Waals surface area contributed by atoms with Crippen LogP contribution in [0.2, 0.25) is 0 Å². The first-order valence-corrected chi connectivity index (χ1v) is 6.57. The van der Waals surface area contributed by atoms with Gasteiger partial charge < -0.3 is 14.5 Å². The molecule has 5 nitrogen and oxygen atoms in total. The van der Waals surface area contributed by atoms with Crippen LogP contribution in [-0.2, 0) is 9.53 Å². The molecular weight excluding hydrogens is 246 g/mol. The average Bonchev–Trinajstić information content (AvgIpc) is 2.88. The lowest BCUT2D eigenvalue weighted by molar-refractivity contribution is -0.143. The van der Waals surface area contributed by atoms with E-state index in [9.17, 15) is 9.59 Å². The summed E-state index contributed by atoms with van der Waals surface area (Å²) in [6.45, 7) is 4.96. The summed E-state index contributed by atoms with van der Waals surface area (Å²) in [6, 6.07) is 3.21. The van der Waals surface area contributed by atoms with Gasteiger partial charge in [-0.1, -0.05) is 13.8 Å². The van der Waals surface area contributed by atoms with Crippen LogP contribution in [0.5, 0.6) is 0 Å². The Balaban J connectivity index is 2.06. The second-order valence-corrected chi connectivity index (χ2v) is 4.74. The third-order valence-electron chi connectivity index (χ3n) is 2.55. The van der Waals surface area contributed by atoms with Gasteiger partial charge in [0, 0.05) is 6.54 Å². The van der Waals surface area contributed by atoms with E-state index >= 15 is 0 Å². The molecule has 5 heteroatoms. The van der Waals surface area contributed by atoms with E-state index in [1.807, 2.05) is 0 Å². The molecule has 0 saturated heterocycles. The van der Waals surface area contributed by atoms with Crippen molar-refractivity contribution in [2.75, 3.05) is 13.2 Å². The number of hydrogen-bond donors (Lipinski definition) is 1. The topological polar surface area (TPSA) is 68.5 Å². The molecule has 1 aromatic rings. The summed E-state index contributed by atoms with van der Waals surface area (Å²) in [5, 5.41) is 2.59. The number of amides is 1. The van der Waals surface area contributed by atoms with Crippen LogP contribution in [0.25, 0.3) is 0 Å². The molecule has 0 bridgehead atoms. The Kier molecular flexibility index (Phi) is 6.71. The summed E-state index contributed by atoms with van der Waals surface area (Å²) >= 11 is 0. The molecule has 1 amide bonds. The maximum atomic E-state index is 11.5. The van der Waals surface area contributed by atoms with Gasteiger partial charge in [0.05, 0.1) is 19.3 Å². The van der Waals surface area contributed by atoms with E-state index in [1.165, 1.54) is 6.26 Å². The van der Waals surface area contributed by atoms with E-state index in [4.69, 9.17) is 9.15 Å². The fourth-order valence-electron chi connectivity index (χ4n) is 1.52. The molecule has 0 atom stereocenters. The summed E-state index contributed by atoms with van der Waals surface area (Å²) in [5.41, 5.74) is 0. The molecule has 1 rings (SSSR count). The summed E-state index contributed by atoms with van der Waals surface area (Å²) in [5.74, 6) is 0.248. The summed E-state index contributed by atoms with van der Waals surface area (Å²) in [7, 11) is 0. The first-order valence-electron chi connectivity index (χ1n) is 6.57. The summed E-state index contributed by atoms with van der Waals surface area (Å²) in [6.07, 6.45) is 3.52. The summed E-state index contributed by atoms with van der Waals surface area (Å²) in [4.78, 5) is 22.8. The van der Waals surface area contributed by atoms with Crippen molar-refractivity contribution in [2.45, 2.75) is 33.1 Å². The average molecular weight is 267 g/mol. The highest BCUT2D eigenvalue weighted by Gasteiger charge is 2.09. The molecule has 1 N–H and O–H groups in total. The molecule has 0 aromatic carbocycles. The molecular formula is C14H21NO4. The Bertz CT molecular complexity index is 384. The molecule has 0 aliphatic heterocycles. The van der Waals surface area contributed by atoms with E-state index in [0.29, 0.717) is 12.5 Å². The van der Waals surface area contributed by atoms with Crippen LogP contribution in [0, 0.1) is 5.92 Å². The van der Waals surface area contributed by atoms with Gasteiger partial charge in [0.15, 0.2) is 5.76 Å². The first-order chi connectivity index (χ1) is 9.09. The molecule has 1 heterocycles. The minimum Gasteiger partial charge on any atom is -0.466 e. The predicted octanol–water partition coefficient (Wildman–Crippen LogP) is 2.38. The van der Waals surface area contributed by atoms with Crippen molar-refractivity contribution in [3.05, 3.63) is 24.2 Å². The van der Waals surface area contributed by atoms with Gasteiger partial charge in [0.1, 0.15) is 0 Å². The smallest absolute Gasteiger partial charge is 0.307 e. The standard InChI is InChI=1S/C14H21NO4/c1-11(2)5-3-10-19-13(16)7-8-15-14(17)12-6-4-9-18-12/h4,6,9,11H,3,5,7-8,10H2,1-2H3,(H,15,17). The van der Waals surface area contributed by atoms with E-state index in [-0.39, 0.29) is 30.6 Å². The van der Waals surface area contributed by atoms with Crippen molar-refractivity contribution in [3.63, 3.8) is 0 Å². The molecule has 0 radical (unpaired) electrons. The molecule has 19 heavy (non-hydrogen) atoms. The Morgan fingerprint density at radius 1 is 1.42 bits per heavy atom. The third kappa shape index (κ3) is 6.64. The molecule has 0 saturated carbocycles. The van der Waals surface area contributed by atoms with Crippen molar-refractivity contribution in [2.24, 2.45) is 5.92 Å². The van der Waals surface area contributed by atoms with Crippen LogP contribution in [0.3, 0.4) is 0 Å². The number of ether oxygens (including phenoxy) is 1. The van der Waals surface area contributed by atoms with Gasteiger partial charge in [0.25, 0.3) is 5.91 Å². The number of nitrogens with one attached hydrogen (secondary N) is 1. The van der Waals surface area contributed by atoms with Gasteiger partial charge in [-0.05, 0) is 30.9 Å². The first kappa shape index (κ1) is 15.3. The van der Waals surface area contributed by atoms with Gasteiger partial charge in [-0.25, -0.2) is 0 Å². The fourth-order valence-corrected chi connectivity index (χ4v) is 1.52. The van der Waals surface area contributed by atoms with Crippen LogP contribution in [0.1, 0.15) is 43.7 Å². The van der Waals surface area contributed by atoms with Crippen molar-refractivity contribution in [1.29, 1.82) is 0 Å². The molecule has 1 aromatic heterocycles. The second-order valence-electron chi connectivity index (χ2n) is 4.74. The van der Waals surface area contributed by atoms with Crippen molar-refractivity contribution >= 4 is 11.9 Å². The van der Waals surface area contributed by atoms with E-state index in [2.05, 4.69) is 19.2 Å². The quantitative estimate of drug-likeness (QED) is 0.580. The van der Waals surface area contributed by atoms with Crippen LogP contribution in [0.15, 0.2) is 22.8 Å². The normalized spacial score (nSPS) is 10.5. The molecule has 106 valence electrons. The van der Waals surface area contributed by atoms with Crippen LogP contribution < -0.4 is 5.32 Å². The maximum Gasteiger partial charge on any atom is 0.307 e. The van der Waals surface area contributed by atoms with E-state index in [1.54, 1.807) is 12.1 Å². The van der Waals surface area contributed by atoms with Gasteiger partial charge in [-0.3, -0.25) is 9.59 Å². The number of hydrogen-bond acceptors (Lipinski definition) is 4. The predicted molar refractivity (Wildman–Crippen MR) is 70.7 cm³/mol. The lowest BCUT2D eigenvalue weighted by Gasteiger charge is -2.06. The number of carbonyl (C=O) groups excluding carboxylic acids is 2. The Morgan fingerprint density at radius 2 is 2.21 bits per heavy atom. The lowest BCUT2D eigenvalue weighted by Crippen LogP contribution is -2.26. The highest BCUT2D eigenvalue weighted by molar-refractivity contribution is 5.91. The minimum atomic E-state index is -0.322. The molecule has 0 spiro atoms. The molecule has 0 aliphatic rings. The highest BCUT2D eigenvalue weighted by atomic mass is 16.5. The molecule has 0 fully saturated rings. The SMILES string of the molecule is CC(C)CCCOC(=O)CCNC(=O)c1ccco1. The number of esters is 1. The zero-order chi connectivity index (χ0) is 14.1. The number of rotatable bonds is 8. The van der Waals surface area contributed by atoms with E-state index < -0.39 is 0 Å². The monoisotopic (exact) mass is 267 g/mol. The van der Waals surface area contributed by atoms with Gasteiger partial charge in [0.2, 0.25) is 0 Å². The van der Waals surface area contributed by atoms with Crippen LogP contribution in [0.4, 0.5) is 0 Å².